The van der Waals surface area contributed by atoms with Crippen molar-refractivity contribution in [3.8, 4) is 0 Å². The smallest absolute Gasteiger partial charge is 0.294 e. The van der Waals surface area contributed by atoms with Crippen LogP contribution < -0.4 is 0 Å². The summed E-state index contributed by atoms with van der Waals surface area (Å²) in [6.07, 6.45) is -4.98. The number of aliphatic hydroxyl groups excluding tert-OH is 1. The lowest BCUT2D eigenvalue weighted by Crippen LogP contribution is -2.34. The van der Waals surface area contributed by atoms with Crippen molar-refractivity contribution >= 4 is 43.2 Å². The molecule has 0 radical (unpaired) electrons. The lowest BCUT2D eigenvalue weighted by Gasteiger charge is -2.19. The first-order valence-corrected chi connectivity index (χ1v) is 19.9. The Hall–Kier alpha value is -1.36. The lowest BCUT2D eigenvalue weighted by atomic mass is 10.1. The first-order chi connectivity index (χ1) is 23.7. The van der Waals surface area contributed by atoms with E-state index in [-0.39, 0.29) is 71.3 Å². The average Bonchev–Trinajstić information content (AvgIpc) is 3.88. The number of rotatable bonds is 12. The van der Waals surface area contributed by atoms with Gasteiger partial charge in [0, 0.05) is 0 Å². The van der Waals surface area contributed by atoms with E-state index in [1.807, 2.05) is 0 Å². The molecule has 0 spiro atoms. The van der Waals surface area contributed by atoms with Crippen molar-refractivity contribution in [3.05, 3.63) is 30.3 Å². The topological polar surface area (TPSA) is 251 Å². The van der Waals surface area contributed by atoms with Crippen LogP contribution in [0.2, 0.25) is 0 Å². The van der Waals surface area contributed by atoms with E-state index in [0.717, 1.165) is 0 Å². The first kappa shape index (κ1) is 36.0. The maximum atomic E-state index is 10.5. The second-order valence-corrected chi connectivity index (χ2v) is 17.6. The summed E-state index contributed by atoms with van der Waals surface area (Å²) in [4.78, 5) is 45.3. The third-order valence-electron chi connectivity index (χ3n) is 9.14. The minimum Gasteiger partial charge on any atom is -0.388 e. The van der Waals surface area contributed by atoms with Crippen LogP contribution in [0.3, 0.4) is 0 Å². The van der Waals surface area contributed by atoms with Crippen molar-refractivity contribution in [1.82, 2.24) is 0 Å². The number of fused-ring (bicyclic) bond motifs is 4. The van der Waals surface area contributed by atoms with E-state index >= 15 is 0 Å². The number of aliphatic hydroxyl groups is 1. The van der Waals surface area contributed by atoms with Crippen LogP contribution in [0.15, 0.2) is 0 Å². The van der Waals surface area contributed by atoms with E-state index in [9.17, 15) is 35.4 Å². The lowest BCUT2D eigenvalue weighted by molar-refractivity contribution is -0.769. The van der Waals surface area contributed by atoms with Crippen molar-refractivity contribution in [3.63, 3.8) is 0 Å². The van der Waals surface area contributed by atoms with E-state index in [1.54, 1.807) is 43.2 Å². The van der Waals surface area contributed by atoms with Gasteiger partial charge in [-0.05, 0) is 0 Å². The van der Waals surface area contributed by atoms with Crippen LogP contribution in [-0.4, -0.2) is 167 Å². The third kappa shape index (κ3) is 7.87. The number of hydrogen-bond acceptors (Lipinski definition) is 22. The summed E-state index contributed by atoms with van der Waals surface area (Å²) in [7, 11) is 6.37. The van der Waals surface area contributed by atoms with Crippen LogP contribution in [0, 0.1) is 30.3 Å². The molecular formula is C24H33N3O18S4. The molecule has 0 amide bonds. The molecule has 0 saturated carbocycles. The maximum Gasteiger partial charge on any atom is 0.294 e. The van der Waals surface area contributed by atoms with Gasteiger partial charge in [0.05, 0.1) is 73.9 Å². The Kier molecular flexibility index (Phi) is 11.5. The molecular weight excluding hydrogens is 747 g/mol. The van der Waals surface area contributed by atoms with Gasteiger partial charge in [0.15, 0.2) is 18.3 Å². The van der Waals surface area contributed by atoms with Gasteiger partial charge in [-0.15, -0.1) is 30.3 Å². The molecule has 25 heteroatoms. The summed E-state index contributed by atoms with van der Waals surface area (Å²) in [6.45, 7) is 2.55. The zero-order chi connectivity index (χ0) is 34.2. The van der Waals surface area contributed by atoms with Gasteiger partial charge < -0.3 is 57.5 Å². The predicted molar refractivity (Wildman–Crippen MR) is 165 cm³/mol. The molecule has 0 aromatic rings. The van der Waals surface area contributed by atoms with Gasteiger partial charge >= 0.3 is 0 Å². The normalized spacial score (nSPS) is 46.0. The summed E-state index contributed by atoms with van der Waals surface area (Å²) in [5, 5.41) is 39.0. The highest BCUT2D eigenvalue weighted by Gasteiger charge is 2.54. The summed E-state index contributed by atoms with van der Waals surface area (Å²) in [5.41, 5.74) is 0. The molecule has 8 heterocycles. The Morgan fingerprint density at radius 1 is 0.429 bits per heavy atom. The molecule has 1 N–H and O–H groups in total. The van der Waals surface area contributed by atoms with Gasteiger partial charge in [-0.2, -0.15) is 0 Å². The van der Waals surface area contributed by atoms with Crippen molar-refractivity contribution < 1.29 is 72.8 Å². The van der Waals surface area contributed by atoms with E-state index in [4.69, 9.17) is 37.9 Å². The summed E-state index contributed by atoms with van der Waals surface area (Å²) in [6, 6.07) is 0. The molecule has 0 aromatic carbocycles. The standard InChI is InChI=1S/C12H16N2O10S2.C12H17NO8S2/c15-13(16)23-5-1-19-11-7(3-21-9(5)11)25-26-8-4-22-10-6(24-14(17)18)2-20-12(8)10;14-5-1-17-11-7(3-19-9(5)11)22-23-8-4-20-10-6(21-13(15)16)2-18-12(8)10/h5-12H,1-4H2;5-12,14H,1-4H2/t2*5?,6?,7?,8?,9-,10-,11-,12-/m11/s1. The van der Waals surface area contributed by atoms with E-state index in [2.05, 4.69) is 14.5 Å². The van der Waals surface area contributed by atoms with Crippen molar-refractivity contribution in [1.29, 1.82) is 0 Å². The molecule has 8 aliphatic heterocycles. The average molecular weight is 780 g/mol. The molecule has 21 nitrogen and oxygen atoms in total. The fraction of sp³-hybridized carbons (Fsp3) is 1.00. The van der Waals surface area contributed by atoms with E-state index in [0.29, 0.717) is 33.0 Å². The first-order valence-electron chi connectivity index (χ1n) is 15.3. The van der Waals surface area contributed by atoms with Crippen LogP contribution in [0.4, 0.5) is 0 Å². The fourth-order valence-corrected chi connectivity index (χ4v) is 13.1. The Labute approximate surface area is 292 Å². The monoisotopic (exact) mass is 779 g/mol. The molecule has 276 valence electrons. The van der Waals surface area contributed by atoms with Crippen LogP contribution in [0.25, 0.3) is 0 Å². The highest BCUT2D eigenvalue weighted by atomic mass is 33.1. The Bertz CT molecular complexity index is 1170. The van der Waals surface area contributed by atoms with Gasteiger partial charge in [-0.25, -0.2) is 0 Å². The molecule has 0 aliphatic carbocycles. The second kappa shape index (κ2) is 15.7. The zero-order valence-electron chi connectivity index (χ0n) is 25.3. The number of hydrogen-bond donors (Lipinski definition) is 1. The third-order valence-corrected chi connectivity index (χ3v) is 15.6. The molecule has 16 atom stereocenters. The Balaban J connectivity index is 0.000000155. The van der Waals surface area contributed by atoms with Crippen LogP contribution in [0.1, 0.15) is 0 Å². The van der Waals surface area contributed by atoms with Gasteiger partial charge in [0.25, 0.3) is 15.3 Å². The van der Waals surface area contributed by atoms with Gasteiger partial charge in [-0.3, -0.25) is 0 Å². The second-order valence-electron chi connectivity index (χ2n) is 12.1. The zero-order valence-corrected chi connectivity index (χ0v) is 28.5. The fourth-order valence-electron chi connectivity index (χ4n) is 6.95. The Morgan fingerprint density at radius 2 is 0.694 bits per heavy atom. The predicted octanol–water partition coefficient (Wildman–Crippen LogP) is -0.508. The minimum absolute atomic E-state index is 0.00312. The van der Waals surface area contributed by atoms with Gasteiger partial charge in [0.1, 0.15) is 54.9 Å². The molecule has 8 aliphatic rings. The maximum absolute atomic E-state index is 10.5. The Morgan fingerprint density at radius 3 is 1.02 bits per heavy atom. The minimum atomic E-state index is -0.828. The van der Waals surface area contributed by atoms with Crippen LogP contribution >= 0.6 is 43.2 Å². The molecule has 0 aromatic heterocycles. The highest BCUT2D eigenvalue weighted by molar-refractivity contribution is 8.77. The van der Waals surface area contributed by atoms with Crippen LogP contribution in [-0.2, 0) is 52.4 Å². The quantitative estimate of drug-likeness (QED) is 0.149. The molecule has 8 saturated heterocycles. The largest absolute Gasteiger partial charge is 0.388 e. The van der Waals surface area contributed by atoms with Gasteiger partial charge in [0.2, 0.25) is 0 Å². The van der Waals surface area contributed by atoms with Crippen molar-refractivity contribution in [2.75, 3.05) is 52.9 Å². The van der Waals surface area contributed by atoms with E-state index < -0.39 is 58.0 Å². The summed E-state index contributed by atoms with van der Waals surface area (Å²) >= 11 is 0. The molecule has 0 bridgehead atoms. The highest BCUT2D eigenvalue weighted by Crippen LogP contribution is 2.47. The molecule has 49 heavy (non-hydrogen) atoms. The van der Waals surface area contributed by atoms with Crippen molar-refractivity contribution in [2.45, 2.75) is 94.2 Å². The molecule has 8 unspecified atom stereocenters. The summed E-state index contributed by atoms with van der Waals surface area (Å²) in [5.74, 6) is 0. The summed E-state index contributed by atoms with van der Waals surface area (Å²) < 4.78 is 44.9. The number of nitrogens with zero attached hydrogens (tertiary/aromatic N) is 3. The van der Waals surface area contributed by atoms with Crippen molar-refractivity contribution in [2.24, 2.45) is 0 Å². The van der Waals surface area contributed by atoms with Gasteiger partial charge in [-0.1, -0.05) is 43.2 Å². The van der Waals surface area contributed by atoms with E-state index in [1.165, 1.54) is 0 Å². The SMILES string of the molecule is O=[N+]([O-])OC1CO[C@@H]2C(SSC3CO[C@@H]4C(O)CO[C@H]34)CO[C@H]12.O=[N+]([O-])OC1CO[C@@H]2C(SSC3CO[C@@H]4C(O[N+](=O)[O-])CO[C@H]34)CO[C@H]12. The molecule has 8 rings (SSSR count). The molecule has 8 fully saturated rings. The number of ether oxygens (including phenoxy) is 8. The van der Waals surface area contributed by atoms with Crippen LogP contribution in [0.5, 0.6) is 0 Å².